The summed E-state index contributed by atoms with van der Waals surface area (Å²) >= 11 is 0. The molecule has 1 aromatic rings. The van der Waals surface area contributed by atoms with Crippen molar-refractivity contribution in [3.63, 3.8) is 0 Å². The molecular formula is C7H3F3O. The first-order chi connectivity index (χ1) is 5.08. The van der Waals surface area contributed by atoms with Crippen molar-refractivity contribution in [1.82, 2.24) is 0 Å². The minimum absolute atomic E-state index is 0.281. The lowest BCUT2D eigenvalue weighted by Gasteiger charge is -2.06. The van der Waals surface area contributed by atoms with Gasteiger partial charge in [0, 0.05) is 0 Å². The van der Waals surface area contributed by atoms with Crippen molar-refractivity contribution in [1.29, 1.82) is 0 Å². The molecule has 1 nitrogen and oxygen atoms in total. The fraction of sp³-hybridized carbons (Fsp3) is 0.143. The van der Waals surface area contributed by atoms with Crippen molar-refractivity contribution in [3.05, 3.63) is 30.3 Å². The lowest BCUT2D eigenvalue weighted by Crippen LogP contribution is -2.16. The van der Waals surface area contributed by atoms with E-state index in [1.165, 1.54) is 6.07 Å². The zero-order valence-corrected chi connectivity index (χ0v) is 5.27. The van der Waals surface area contributed by atoms with Crippen LogP contribution in [0.25, 0.3) is 0 Å². The van der Waals surface area contributed by atoms with E-state index >= 15 is 0 Å². The van der Waals surface area contributed by atoms with Gasteiger partial charge in [-0.05, 0) is 24.3 Å². The summed E-state index contributed by atoms with van der Waals surface area (Å²) in [6.45, 7) is 0. The van der Waals surface area contributed by atoms with Crippen molar-refractivity contribution < 1.29 is 17.9 Å². The van der Waals surface area contributed by atoms with E-state index in [0.29, 0.717) is 0 Å². The highest BCUT2D eigenvalue weighted by Gasteiger charge is 2.30. The predicted octanol–water partition coefficient (Wildman–Crippen LogP) is 2.19. The van der Waals surface area contributed by atoms with E-state index in [4.69, 9.17) is 0 Å². The molecule has 0 unspecified atom stereocenters. The van der Waals surface area contributed by atoms with Crippen molar-refractivity contribution in [2.24, 2.45) is 0 Å². The Labute approximate surface area is 61.4 Å². The Morgan fingerprint density at radius 1 is 1.27 bits per heavy atom. The van der Waals surface area contributed by atoms with E-state index in [0.717, 1.165) is 12.1 Å². The molecule has 0 aromatic heterocycles. The monoisotopic (exact) mass is 160 g/mol. The number of alkyl halides is 3. The SMILES string of the molecule is FC(F)(F)Oc1c[c][c]cc1. The van der Waals surface area contributed by atoms with Crippen LogP contribution in [0.15, 0.2) is 18.2 Å². The molecule has 2 radical (unpaired) electrons. The average Bonchev–Trinajstić information content (AvgIpc) is 1.85. The van der Waals surface area contributed by atoms with Crippen LogP contribution < -0.4 is 4.74 Å². The summed E-state index contributed by atoms with van der Waals surface area (Å²) in [5.41, 5.74) is 0. The van der Waals surface area contributed by atoms with Gasteiger partial charge in [0.25, 0.3) is 0 Å². The lowest BCUT2D eigenvalue weighted by molar-refractivity contribution is -0.274. The Kier molecular flexibility index (Phi) is 2.03. The highest BCUT2D eigenvalue weighted by Crippen LogP contribution is 2.21. The maximum atomic E-state index is 11.5. The molecule has 0 aliphatic heterocycles. The Hall–Kier alpha value is -1.19. The zero-order valence-electron chi connectivity index (χ0n) is 5.27. The number of hydrogen-bond acceptors (Lipinski definition) is 1. The summed E-state index contributed by atoms with van der Waals surface area (Å²) in [6, 6.07) is 8.29. The van der Waals surface area contributed by atoms with Gasteiger partial charge in [-0.2, -0.15) is 0 Å². The molecule has 11 heavy (non-hydrogen) atoms. The van der Waals surface area contributed by atoms with Crippen molar-refractivity contribution >= 4 is 0 Å². The summed E-state index contributed by atoms with van der Waals surface area (Å²) in [6.07, 6.45) is -4.63. The standard InChI is InChI=1S/C7H3F3O/c8-7(9,10)11-6-4-2-1-3-5-6/h2,4-5H. The van der Waals surface area contributed by atoms with Crippen LogP contribution in [-0.4, -0.2) is 6.36 Å². The van der Waals surface area contributed by atoms with Crippen LogP contribution in [0.1, 0.15) is 0 Å². The summed E-state index contributed by atoms with van der Waals surface area (Å²) in [5.74, 6) is -0.281. The maximum absolute atomic E-state index is 11.5. The van der Waals surface area contributed by atoms with Crippen molar-refractivity contribution in [2.75, 3.05) is 0 Å². The van der Waals surface area contributed by atoms with Crippen LogP contribution in [0.5, 0.6) is 5.75 Å². The second-order valence-corrected chi connectivity index (χ2v) is 1.72. The van der Waals surface area contributed by atoms with Crippen LogP contribution in [0.3, 0.4) is 0 Å². The normalized spacial score (nSPS) is 11.2. The first-order valence-corrected chi connectivity index (χ1v) is 2.71. The number of hydrogen-bond donors (Lipinski definition) is 0. The van der Waals surface area contributed by atoms with Gasteiger partial charge >= 0.3 is 6.36 Å². The third-order valence-electron chi connectivity index (χ3n) is 0.862. The van der Waals surface area contributed by atoms with E-state index < -0.39 is 6.36 Å². The molecule has 0 saturated heterocycles. The minimum atomic E-state index is -4.63. The van der Waals surface area contributed by atoms with Crippen LogP contribution in [0.4, 0.5) is 13.2 Å². The molecule has 0 N–H and O–H groups in total. The molecule has 58 valence electrons. The van der Waals surface area contributed by atoms with Crippen LogP contribution in [-0.2, 0) is 0 Å². The van der Waals surface area contributed by atoms with Crippen LogP contribution >= 0.6 is 0 Å². The van der Waals surface area contributed by atoms with Gasteiger partial charge < -0.3 is 4.74 Å². The number of ether oxygens (including phenoxy) is 1. The minimum Gasteiger partial charge on any atom is -0.406 e. The molecule has 1 rings (SSSR count). The van der Waals surface area contributed by atoms with Gasteiger partial charge in [-0.1, -0.05) is 6.07 Å². The second kappa shape index (κ2) is 2.82. The predicted molar refractivity (Wildman–Crippen MR) is 30.8 cm³/mol. The Bertz CT molecular complexity index is 217. The second-order valence-electron chi connectivity index (χ2n) is 1.72. The summed E-state index contributed by atoms with van der Waals surface area (Å²) in [7, 11) is 0. The lowest BCUT2D eigenvalue weighted by atomic mass is 10.3. The molecular weight excluding hydrogens is 157 g/mol. The van der Waals surface area contributed by atoms with E-state index in [1.54, 1.807) is 0 Å². The van der Waals surface area contributed by atoms with Gasteiger partial charge in [0.1, 0.15) is 5.75 Å². The van der Waals surface area contributed by atoms with Gasteiger partial charge in [-0.3, -0.25) is 0 Å². The van der Waals surface area contributed by atoms with Gasteiger partial charge in [0.15, 0.2) is 0 Å². The van der Waals surface area contributed by atoms with Gasteiger partial charge in [0.05, 0.1) is 0 Å². The largest absolute Gasteiger partial charge is 0.573 e. The summed E-state index contributed by atoms with van der Waals surface area (Å²) < 4.78 is 38.0. The molecule has 0 saturated carbocycles. The smallest absolute Gasteiger partial charge is 0.406 e. The van der Waals surface area contributed by atoms with Gasteiger partial charge in [-0.25, -0.2) is 0 Å². The Morgan fingerprint density at radius 2 is 2.00 bits per heavy atom. The fourth-order valence-electron chi connectivity index (χ4n) is 0.530. The first kappa shape index (κ1) is 7.91. The molecule has 0 heterocycles. The summed E-state index contributed by atoms with van der Waals surface area (Å²) in [5, 5.41) is 0. The molecule has 0 fully saturated rings. The molecule has 0 bridgehead atoms. The molecule has 1 aromatic carbocycles. The van der Waals surface area contributed by atoms with Gasteiger partial charge in [-0.15, -0.1) is 13.2 Å². The Morgan fingerprint density at radius 3 is 2.45 bits per heavy atom. The van der Waals surface area contributed by atoms with Crippen molar-refractivity contribution in [3.8, 4) is 5.75 Å². The van der Waals surface area contributed by atoms with E-state index in [2.05, 4.69) is 16.9 Å². The molecule has 0 atom stereocenters. The maximum Gasteiger partial charge on any atom is 0.573 e. The molecule has 4 heteroatoms. The van der Waals surface area contributed by atoms with E-state index in [1.807, 2.05) is 0 Å². The average molecular weight is 160 g/mol. The summed E-state index contributed by atoms with van der Waals surface area (Å²) in [4.78, 5) is 0. The fourth-order valence-corrected chi connectivity index (χ4v) is 0.530. The van der Waals surface area contributed by atoms with Crippen LogP contribution in [0.2, 0.25) is 0 Å². The number of rotatable bonds is 1. The third kappa shape index (κ3) is 2.93. The Balaban J connectivity index is 2.66. The molecule has 0 amide bonds. The first-order valence-electron chi connectivity index (χ1n) is 2.71. The van der Waals surface area contributed by atoms with Crippen molar-refractivity contribution in [2.45, 2.75) is 6.36 Å². The zero-order chi connectivity index (χ0) is 8.32. The number of benzene rings is 1. The molecule has 0 spiro atoms. The van der Waals surface area contributed by atoms with Crippen LogP contribution in [0, 0.1) is 12.1 Å². The van der Waals surface area contributed by atoms with E-state index in [-0.39, 0.29) is 5.75 Å². The molecule has 0 aliphatic rings. The highest BCUT2D eigenvalue weighted by molar-refractivity contribution is 5.19. The van der Waals surface area contributed by atoms with Gasteiger partial charge in [0.2, 0.25) is 0 Å². The number of halogens is 3. The van der Waals surface area contributed by atoms with E-state index in [9.17, 15) is 13.2 Å². The molecule has 0 aliphatic carbocycles. The topological polar surface area (TPSA) is 9.23 Å². The quantitative estimate of drug-likeness (QED) is 0.611. The third-order valence-corrected chi connectivity index (χ3v) is 0.862. The highest BCUT2D eigenvalue weighted by atomic mass is 19.4.